The average molecular weight is 313 g/mol. The van der Waals surface area contributed by atoms with Crippen LogP contribution < -0.4 is 0 Å². The molecular formula is C17H12FNO2S. The molecule has 3 rings (SSSR count). The zero-order chi connectivity index (χ0) is 15.4. The van der Waals surface area contributed by atoms with Gasteiger partial charge in [0.1, 0.15) is 17.4 Å². The fourth-order valence-electron chi connectivity index (χ4n) is 1.94. The molecular weight excluding hydrogens is 301 g/mol. The van der Waals surface area contributed by atoms with Crippen molar-refractivity contribution in [2.24, 2.45) is 0 Å². The minimum Gasteiger partial charge on any atom is -0.455 e. The fraction of sp³-hybridized carbons (Fsp3) is 0.0588. The van der Waals surface area contributed by atoms with Crippen LogP contribution in [0.15, 0.2) is 54.6 Å². The third kappa shape index (κ3) is 3.56. The van der Waals surface area contributed by atoms with Gasteiger partial charge >= 0.3 is 5.97 Å². The molecule has 0 aliphatic heterocycles. The normalized spacial score (nSPS) is 11.1. The van der Waals surface area contributed by atoms with Crippen LogP contribution in [0.4, 0.5) is 4.39 Å². The maximum Gasteiger partial charge on any atom is 0.331 e. The van der Waals surface area contributed by atoms with Crippen molar-refractivity contribution in [1.82, 2.24) is 4.98 Å². The number of hydrogen-bond acceptors (Lipinski definition) is 4. The predicted molar refractivity (Wildman–Crippen MR) is 84.9 cm³/mol. The SMILES string of the molecule is O=C(C=Cc1cccc(F)c1)OCc1nc2ccccc2s1. The summed E-state index contributed by atoms with van der Waals surface area (Å²) in [5, 5.41) is 0.744. The van der Waals surface area contributed by atoms with Gasteiger partial charge in [-0.3, -0.25) is 0 Å². The molecule has 5 heteroatoms. The van der Waals surface area contributed by atoms with Crippen molar-refractivity contribution in [3.63, 3.8) is 0 Å². The number of aromatic nitrogens is 1. The lowest BCUT2D eigenvalue weighted by molar-refractivity contribution is -0.138. The standard InChI is InChI=1S/C17H12FNO2S/c18-13-5-3-4-12(10-13)8-9-17(20)21-11-16-19-14-6-1-2-7-15(14)22-16/h1-10H,11H2. The minimum atomic E-state index is -0.483. The van der Waals surface area contributed by atoms with Gasteiger partial charge in [0.2, 0.25) is 0 Å². The summed E-state index contributed by atoms with van der Waals surface area (Å²) < 4.78 is 19.2. The molecule has 0 fully saturated rings. The third-order valence-electron chi connectivity index (χ3n) is 2.94. The van der Waals surface area contributed by atoms with Gasteiger partial charge in [-0.1, -0.05) is 24.3 Å². The summed E-state index contributed by atoms with van der Waals surface area (Å²) in [6.07, 6.45) is 2.80. The van der Waals surface area contributed by atoms with E-state index in [1.54, 1.807) is 12.1 Å². The number of esters is 1. The maximum atomic E-state index is 13.0. The highest BCUT2D eigenvalue weighted by atomic mass is 32.1. The van der Waals surface area contributed by atoms with Crippen LogP contribution in [0, 0.1) is 5.82 Å². The van der Waals surface area contributed by atoms with E-state index >= 15 is 0 Å². The van der Waals surface area contributed by atoms with Gasteiger partial charge in [0, 0.05) is 6.08 Å². The van der Waals surface area contributed by atoms with Crippen LogP contribution in [0.25, 0.3) is 16.3 Å². The number of carbonyl (C=O) groups excluding carboxylic acids is 1. The lowest BCUT2D eigenvalue weighted by atomic mass is 10.2. The molecule has 110 valence electrons. The number of halogens is 1. The third-order valence-corrected chi connectivity index (χ3v) is 3.95. The lowest BCUT2D eigenvalue weighted by Gasteiger charge is -1.98. The first-order chi connectivity index (χ1) is 10.7. The van der Waals surface area contributed by atoms with Crippen LogP contribution in [0.5, 0.6) is 0 Å². The zero-order valence-corrected chi connectivity index (χ0v) is 12.3. The number of thiazole rings is 1. The molecule has 1 heterocycles. The summed E-state index contributed by atoms with van der Waals surface area (Å²) in [6.45, 7) is 0.131. The van der Waals surface area contributed by atoms with E-state index in [9.17, 15) is 9.18 Å². The van der Waals surface area contributed by atoms with Crippen molar-refractivity contribution in [1.29, 1.82) is 0 Å². The van der Waals surface area contributed by atoms with Gasteiger partial charge in [-0.25, -0.2) is 14.2 Å². The van der Waals surface area contributed by atoms with Gasteiger partial charge in [0.15, 0.2) is 0 Å². The Labute approximate surface area is 130 Å². The number of para-hydroxylation sites is 1. The van der Waals surface area contributed by atoms with Gasteiger partial charge in [-0.05, 0) is 35.9 Å². The van der Waals surface area contributed by atoms with E-state index in [0.717, 1.165) is 15.2 Å². The number of nitrogens with zero attached hydrogens (tertiary/aromatic N) is 1. The van der Waals surface area contributed by atoms with Gasteiger partial charge in [-0.15, -0.1) is 11.3 Å². The number of benzene rings is 2. The molecule has 22 heavy (non-hydrogen) atoms. The van der Waals surface area contributed by atoms with Crippen molar-refractivity contribution < 1.29 is 13.9 Å². The Morgan fingerprint density at radius 2 is 2.09 bits per heavy atom. The summed E-state index contributed by atoms with van der Waals surface area (Å²) in [4.78, 5) is 16.0. The van der Waals surface area contributed by atoms with Crippen LogP contribution >= 0.6 is 11.3 Å². The maximum absolute atomic E-state index is 13.0. The number of hydrogen-bond donors (Lipinski definition) is 0. The second kappa shape index (κ2) is 6.49. The summed E-state index contributed by atoms with van der Waals surface area (Å²) >= 11 is 1.49. The highest BCUT2D eigenvalue weighted by Gasteiger charge is 2.05. The number of fused-ring (bicyclic) bond motifs is 1. The van der Waals surface area contributed by atoms with Crippen molar-refractivity contribution >= 4 is 33.6 Å². The van der Waals surface area contributed by atoms with Gasteiger partial charge < -0.3 is 4.74 Å². The molecule has 0 atom stereocenters. The highest BCUT2D eigenvalue weighted by molar-refractivity contribution is 7.18. The van der Waals surface area contributed by atoms with E-state index in [0.29, 0.717) is 5.56 Å². The number of carbonyl (C=O) groups is 1. The minimum absolute atomic E-state index is 0.131. The van der Waals surface area contributed by atoms with Crippen LogP contribution in [0.1, 0.15) is 10.6 Å². The van der Waals surface area contributed by atoms with Crippen molar-refractivity contribution in [2.75, 3.05) is 0 Å². The molecule has 2 aromatic carbocycles. The molecule has 1 aromatic heterocycles. The Bertz CT molecular complexity index is 808. The molecule has 0 spiro atoms. The predicted octanol–water partition coefficient (Wildman–Crippen LogP) is 4.19. The van der Waals surface area contributed by atoms with Crippen molar-refractivity contribution in [3.8, 4) is 0 Å². The largest absolute Gasteiger partial charge is 0.455 e. The molecule has 0 aliphatic rings. The second-order valence-corrected chi connectivity index (χ2v) is 5.69. The van der Waals surface area contributed by atoms with Crippen LogP contribution in [0.3, 0.4) is 0 Å². The van der Waals surface area contributed by atoms with E-state index in [4.69, 9.17) is 4.74 Å². The molecule has 0 saturated carbocycles. The van der Waals surface area contributed by atoms with E-state index in [1.165, 1.54) is 35.6 Å². The van der Waals surface area contributed by atoms with Gasteiger partial charge in [0.25, 0.3) is 0 Å². The van der Waals surface area contributed by atoms with Crippen molar-refractivity contribution in [2.45, 2.75) is 6.61 Å². The summed E-state index contributed by atoms with van der Waals surface area (Å²) in [5.41, 5.74) is 1.51. The van der Waals surface area contributed by atoms with Crippen LogP contribution in [-0.2, 0) is 16.1 Å². The van der Waals surface area contributed by atoms with E-state index in [-0.39, 0.29) is 12.4 Å². The first-order valence-electron chi connectivity index (χ1n) is 6.65. The molecule has 0 aliphatic carbocycles. The van der Waals surface area contributed by atoms with E-state index in [2.05, 4.69) is 4.98 Å². The molecule has 0 bridgehead atoms. The Hall–Kier alpha value is -2.53. The molecule has 3 aromatic rings. The van der Waals surface area contributed by atoms with Crippen molar-refractivity contribution in [3.05, 3.63) is 71.0 Å². The Kier molecular flexibility index (Phi) is 4.25. The molecule has 0 N–H and O–H groups in total. The Balaban J connectivity index is 1.60. The number of rotatable bonds is 4. The summed E-state index contributed by atoms with van der Waals surface area (Å²) in [7, 11) is 0. The topological polar surface area (TPSA) is 39.2 Å². The summed E-state index contributed by atoms with van der Waals surface area (Å²) in [5.74, 6) is -0.825. The monoisotopic (exact) mass is 313 g/mol. The quantitative estimate of drug-likeness (QED) is 0.535. The molecule has 0 amide bonds. The first-order valence-corrected chi connectivity index (χ1v) is 7.47. The molecule has 0 unspecified atom stereocenters. The first kappa shape index (κ1) is 14.4. The van der Waals surface area contributed by atoms with E-state index < -0.39 is 5.97 Å². The van der Waals surface area contributed by atoms with Crippen LogP contribution in [0.2, 0.25) is 0 Å². The van der Waals surface area contributed by atoms with Gasteiger partial charge in [0.05, 0.1) is 10.2 Å². The smallest absolute Gasteiger partial charge is 0.331 e. The molecule has 0 radical (unpaired) electrons. The van der Waals surface area contributed by atoms with Crippen LogP contribution in [-0.4, -0.2) is 11.0 Å². The van der Waals surface area contributed by atoms with Gasteiger partial charge in [-0.2, -0.15) is 0 Å². The molecule has 3 nitrogen and oxygen atoms in total. The lowest BCUT2D eigenvalue weighted by Crippen LogP contribution is -2.00. The highest BCUT2D eigenvalue weighted by Crippen LogP contribution is 2.22. The summed E-state index contributed by atoms with van der Waals surface area (Å²) in [6, 6.07) is 13.7. The Morgan fingerprint density at radius 3 is 2.91 bits per heavy atom. The van der Waals surface area contributed by atoms with E-state index in [1.807, 2.05) is 24.3 Å². The number of ether oxygens (including phenoxy) is 1. The second-order valence-electron chi connectivity index (χ2n) is 4.57. The fourth-order valence-corrected chi connectivity index (χ4v) is 2.82. The molecule has 0 saturated heterocycles. The average Bonchev–Trinajstić information content (AvgIpc) is 2.94. The Morgan fingerprint density at radius 1 is 1.23 bits per heavy atom. The zero-order valence-electron chi connectivity index (χ0n) is 11.5.